The number of halogens is 3. The van der Waals surface area contributed by atoms with Gasteiger partial charge in [-0.1, -0.05) is 6.07 Å². The molecular weight excluding hydrogens is 511 g/mol. The molecule has 5 rings (SSSR count). The molecule has 3 aliphatic heterocycles. The summed E-state index contributed by atoms with van der Waals surface area (Å²) in [7, 11) is 3.86. The molecule has 2 fully saturated rings. The summed E-state index contributed by atoms with van der Waals surface area (Å²) >= 11 is 0. The number of anilines is 1. The quantitative estimate of drug-likeness (QED) is 0.565. The topological polar surface area (TPSA) is 71.0 Å². The van der Waals surface area contributed by atoms with E-state index in [2.05, 4.69) is 21.9 Å². The summed E-state index contributed by atoms with van der Waals surface area (Å²) in [4.78, 5) is 28.5. The first kappa shape index (κ1) is 27.8. The van der Waals surface area contributed by atoms with Crippen LogP contribution in [0, 0.1) is 6.92 Å². The third kappa shape index (κ3) is 5.76. The molecule has 2 atom stereocenters. The van der Waals surface area contributed by atoms with Crippen molar-refractivity contribution >= 4 is 11.7 Å². The lowest BCUT2D eigenvalue weighted by molar-refractivity contribution is -0.137. The lowest BCUT2D eigenvalue weighted by Gasteiger charge is -2.44. The summed E-state index contributed by atoms with van der Waals surface area (Å²) in [6.45, 7) is 5.32. The normalized spacial score (nSPS) is 22.7. The number of likely N-dealkylation sites (tertiary alicyclic amines) is 1. The van der Waals surface area contributed by atoms with Crippen molar-refractivity contribution in [1.82, 2.24) is 19.8 Å². The second-order valence-corrected chi connectivity index (χ2v) is 10.7. The van der Waals surface area contributed by atoms with Crippen molar-refractivity contribution in [3.8, 4) is 0 Å². The molecule has 39 heavy (non-hydrogen) atoms. The number of amides is 1. The highest BCUT2D eigenvalue weighted by Crippen LogP contribution is 2.34. The van der Waals surface area contributed by atoms with Crippen molar-refractivity contribution in [3.05, 3.63) is 52.5 Å². The third-order valence-electron chi connectivity index (χ3n) is 8.53. The Morgan fingerprint density at radius 2 is 1.90 bits per heavy atom. The Balaban J connectivity index is 1.26. The van der Waals surface area contributed by atoms with E-state index < -0.39 is 11.7 Å². The van der Waals surface area contributed by atoms with E-state index in [0.717, 1.165) is 37.5 Å². The Morgan fingerprint density at radius 3 is 2.62 bits per heavy atom. The van der Waals surface area contributed by atoms with Gasteiger partial charge in [0.05, 0.1) is 18.3 Å². The fourth-order valence-electron chi connectivity index (χ4n) is 6.18. The maximum absolute atomic E-state index is 13.5. The van der Waals surface area contributed by atoms with Crippen molar-refractivity contribution in [2.75, 3.05) is 51.9 Å². The lowest BCUT2D eigenvalue weighted by Crippen LogP contribution is -2.54. The van der Waals surface area contributed by atoms with Gasteiger partial charge in [-0.2, -0.15) is 13.2 Å². The van der Waals surface area contributed by atoms with Crippen LogP contribution in [0.3, 0.4) is 0 Å². The van der Waals surface area contributed by atoms with Crippen LogP contribution >= 0.6 is 0 Å². The van der Waals surface area contributed by atoms with Crippen molar-refractivity contribution in [2.24, 2.45) is 0 Å². The molecule has 3 aliphatic rings. The van der Waals surface area contributed by atoms with Crippen LogP contribution in [-0.4, -0.2) is 90.9 Å². The van der Waals surface area contributed by atoms with Gasteiger partial charge in [-0.25, -0.2) is 9.97 Å². The molecule has 0 N–H and O–H groups in total. The molecule has 0 bridgehead atoms. The minimum Gasteiger partial charge on any atom is -0.379 e. The number of carbonyl (C=O) groups excluding carboxylic acids is 1. The van der Waals surface area contributed by atoms with E-state index in [1.807, 2.05) is 16.7 Å². The van der Waals surface area contributed by atoms with Crippen LogP contribution in [0.4, 0.5) is 19.0 Å². The third-order valence-corrected chi connectivity index (χ3v) is 8.53. The number of nitrogens with zero attached hydrogens (tertiary/aromatic N) is 5. The average Bonchev–Trinajstić information content (AvgIpc) is 2.95. The molecule has 2 aromatic rings. The first-order valence-electron chi connectivity index (χ1n) is 13.5. The lowest BCUT2D eigenvalue weighted by atomic mass is 9.96. The highest BCUT2D eigenvalue weighted by Gasteiger charge is 2.36. The number of ether oxygens (including phenoxy) is 2. The standard InChI is InChI=1S/C28H36F3N5O3/c1-18-25(27(37)35-11-7-22(8-12-35)34(2)23-9-13-39-16-24(23)38-3)32-17-33-26(18)36-10-6-19-4-5-21(28(29,30)31)14-20(19)15-36/h4-5,14,17,22-24H,6-13,15-16H2,1-3H3/t23-,24+/m1/s1. The van der Waals surface area contributed by atoms with Gasteiger partial charge < -0.3 is 19.3 Å². The highest BCUT2D eigenvalue weighted by molar-refractivity contribution is 5.94. The molecule has 11 heteroatoms. The highest BCUT2D eigenvalue weighted by atomic mass is 19.4. The molecule has 1 aromatic heterocycles. The fourth-order valence-corrected chi connectivity index (χ4v) is 6.18. The Labute approximate surface area is 227 Å². The summed E-state index contributed by atoms with van der Waals surface area (Å²) in [6, 6.07) is 4.58. The molecule has 0 unspecified atom stereocenters. The summed E-state index contributed by atoms with van der Waals surface area (Å²) in [5.74, 6) is 0.464. The van der Waals surface area contributed by atoms with Gasteiger partial charge >= 0.3 is 6.18 Å². The van der Waals surface area contributed by atoms with E-state index >= 15 is 0 Å². The van der Waals surface area contributed by atoms with Gasteiger partial charge in [0.25, 0.3) is 5.91 Å². The van der Waals surface area contributed by atoms with Crippen LogP contribution in [0.5, 0.6) is 0 Å². The van der Waals surface area contributed by atoms with Gasteiger partial charge in [0.1, 0.15) is 17.8 Å². The molecule has 4 heterocycles. The molecule has 212 valence electrons. The zero-order valence-electron chi connectivity index (χ0n) is 22.7. The van der Waals surface area contributed by atoms with Crippen LogP contribution in [-0.2, 0) is 28.6 Å². The number of aromatic nitrogens is 2. The predicted molar refractivity (Wildman–Crippen MR) is 140 cm³/mol. The maximum Gasteiger partial charge on any atom is 0.416 e. The van der Waals surface area contributed by atoms with Crippen LogP contribution in [0.2, 0.25) is 0 Å². The van der Waals surface area contributed by atoms with Crippen LogP contribution in [0.25, 0.3) is 0 Å². The monoisotopic (exact) mass is 547 g/mol. The van der Waals surface area contributed by atoms with E-state index in [0.29, 0.717) is 73.9 Å². The minimum atomic E-state index is -4.39. The Morgan fingerprint density at radius 1 is 1.13 bits per heavy atom. The molecule has 1 aromatic carbocycles. The molecule has 0 radical (unpaired) electrons. The SMILES string of the molecule is CO[C@H]1COCC[C@H]1N(C)C1CCN(C(=O)c2ncnc(N3CCc4ccc(C(F)(F)F)cc4C3)c2C)CC1. The van der Waals surface area contributed by atoms with Gasteiger partial charge in [-0.05, 0) is 62.9 Å². The van der Waals surface area contributed by atoms with Gasteiger partial charge in [0.2, 0.25) is 0 Å². The number of piperidine rings is 1. The Bertz CT molecular complexity index is 1190. The van der Waals surface area contributed by atoms with Crippen LogP contribution < -0.4 is 4.90 Å². The fraction of sp³-hybridized carbons (Fsp3) is 0.607. The first-order valence-corrected chi connectivity index (χ1v) is 13.5. The number of benzene rings is 1. The second-order valence-electron chi connectivity index (χ2n) is 10.7. The smallest absolute Gasteiger partial charge is 0.379 e. The van der Waals surface area contributed by atoms with Gasteiger partial charge in [0, 0.05) is 57.5 Å². The van der Waals surface area contributed by atoms with E-state index in [9.17, 15) is 18.0 Å². The minimum absolute atomic E-state index is 0.0484. The maximum atomic E-state index is 13.5. The molecular formula is C28H36F3N5O3. The van der Waals surface area contributed by atoms with E-state index in [-0.39, 0.29) is 12.0 Å². The summed E-state index contributed by atoms with van der Waals surface area (Å²) in [5, 5.41) is 0. The predicted octanol–water partition coefficient (Wildman–Crippen LogP) is 3.71. The number of fused-ring (bicyclic) bond motifs is 1. The van der Waals surface area contributed by atoms with E-state index in [1.54, 1.807) is 13.2 Å². The second kappa shape index (κ2) is 11.4. The van der Waals surface area contributed by atoms with Gasteiger partial charge in [-0.3, -0.25) is 9.69 Å². The van der Waals surface area contributed by atoms with Gasteiger partial charge in [0.15, 0.2) is 0 Å². The number of likely N-dealkylation sites (N-methyl/N-ethyl adjacent to an activating group) is 1. The van der Waals surface area contributed by atoms with Crippen molar-refractivity contribution in [1.29, 1.82) is 0 Å². The number of hydrogen-bond donors (Lipinski definition) is 0. The summed E-state index contributed by atoms with van der Waals surface area (Å²) in [5.41, 5.74) is 1.90. The Hall–Kier alpha value is -2.76. The van der Waals surface area contributed by atoms with Gasteiger partial charge in [-0.15, -0.1) is 0 Å². The average molecular weight is 548 g/mol. The van der Waals surface area contributed by atoms with E-state index in [1.165, 1.54) is 12.4 Å². The summed E-state index contributed by atoms with van der Waals surface area (Å²) < 4.78 is 51.0. The van der Waals surface area contributed by atoms with Crippen LogP contribution in [0.15, 0.2) is 24.5 Å². The number of methoxy groups -OCH3 is 1. The number of alkyl halides is 3. The molecule has 0 saturated carbocycles. The van der Waals surface area contributed by atoms with Crippen LogP contribution in [0.1, 0.15) is 52.0 Å². The van der Waals surface area contributed by atoms with E-state index in [4.69, 9.17) is 9.47 Å². The van der Waals surface area contributed by atoms with Crippen molar-refractivity contribution in [2.45, 2.75) is 63.5 Å². The molecule has 1 amide bonds. The zero-order chi connectivity index (χ0) is 27.7. The number of carbonyl (C=O) groups is 1. The van der Waals surface area contributed by atoms with Crippen molar-refractivity contribution < 1.29 is 27.4 Å². The zero-order valence-corrected chi connectivity index (χ0v) is 22.7. The molecule has 0 spiro atoms. The summed E-state index contributed by atoms with van der Waals surface area (Å²) in [6.07, 6.45) is 0.295. The first-order chi connectivity index (χ1) is 18.7. The molecule has 8 nitrogen and oxygen atoms in total. The molecule has 2 saturated heterocycles. The van der Waals surface area contributed by atoms with Crippen molar-refractivity contribution in [3.63, 3.8) is 0 Å². The largest absolute Gasteiger partial charge is 0.416 e. The number of rotatable bonds is 5. The number of hydrogen-bond acceptors (Lipinski definition) is 7. The Kier molecular flexibility index (Phi) is 8.11. The molecule has 0 aliphatic carbocycles.